The number of carbonyl (C=O) groups is 1. The number of rotatable bonds is 5. The summed E-state index contributed by atoms with van der Waals surface area (Å²) in [5.41, 5.74) is 3.32. The number of hydrogen-bond donors (Lipinski definition) is 1. The average molecular weight is 265 g/mol. The monoisotopic (exact) mass is 265 g/mol. The zero-order chi connectivity index (χ0) is 14.4. The summed E-state index contributed by atoms with van der Waals surface area (Å²) >= 11 is 0. The van der Waals surface area contributed by atoms with E-state index >= 15 is 0 Å². The number of carbonyl (C=O) groups excluding carboxylic acids is 1. The first-order chi connectivity index (χ1) is 9.69. The molecule has 102 valence electrons. The molecule has 0 aliphatic rings. The number of nitrogens with one attached hydrogen (secondary N) is 1. The van der Waals surface area contributed by atoms with E-state index in [1.807, 2.05) is 36.4 Å². The molecule has 0 bridgehead atoms. The predicted molar refractivity (Wildman–Crippen MR) is 83.8 cm³/mol. The van der Waals surface area contributed by atoms with Gasteiger partial charge < -0.3 is 5.32 Å². The second-order valence-corrected chi connectivity index (χ2v) is 4.84. The third kappa shape index (κ3) is 3.82. The Bertz CT molecular complexity index is 572. The number of amides is 1. The van der Waals surface area contributed by atoms with Crippen LogP contribution in [-0.2, 0) is 11.2 Å². The lowest BCUT2D eigenvalue weighted by molar-refractivity contribution is -0.114. The molecule has 0 aromatic heterocycles. The minimum Gasteiger partial charge on any atom is -0.326 e. The zero-order valence-corrected chi connectivity index (χ0v) is 11.7. The van der Waals surface area contributed by atoms with Crippen LogP contribution < -0.4 is 5.32 Å². The van der Waals surface area contributed by atoms with Crippen LogP contribution in [0.15, 0.2) is 67.3 Å². The standard InChI is InChI=1S/C18H19NO/c1-3-16(13-15-7-5-4-6-8-15)17-9-11-18(12-10-17)19-14(2)20/h3-12,16H,1,13H2,2H3,(H,19,20)/t16-/m0/s1. The minimum absolute atomic E-state index is 0.0534. The fourth-order valence-electron chi connectivity index (χ4n) is 2.22. The van der Waals surface area contributed by atoms with E-state index in [2.05, 4.69) is 36.2 Å². The molecule has 2 aromatic carbocycles. The van der Waals surface area contributed by atoms with Gasteiger partial charge in [0.05, 0.1) is 0 Å². The van der Waals surface area contributed by atoms with Crippen molar-refractivity contribution in [2.45, 2.75) is 19.3 Å². The van der Waals surface area contributed by atoms with Crippen molar-refractivity contribution in [1.82, 2.24) is 0 Å². The van der Waals surface area contributed by atoms with Crippen LogP contribution in [-0.4, -0.2) is 5.91 Å². The van der Waals surface area contributed by atoms with Gasteiger partial charge in [-0.2, -0.15) is 0 Å². The van der Waals surface area contributed by atoms with E-state index in [0.717, 1.165) is 12.1 Å². The zero-order valence-electron chi connectivity index (χ0n) is 11.7. The van der Waals surface area contributed by atoms with Crippen LogP contribution in [0.5, 0.6) is 0 Å². The van der Waals surface area contributed by atoms with E-state index in [1.54, 1.807) is 0 Å². The Morgan fingerprint density at radius 1 is 1.15 bits per heavy atom. The van der Waals surface area contributed by atoms with E-state index in [-0.39, 0.29) is 11.8 Å². The lowest BCUT2D eigenvalue weighted by Gasteiger charge is -2.14. The molecule has 0 saturated carbocycles. The molecule has 0 fully saturated rings. The quantitative estimate of drug-likeness (QED) is 0.808. The van der Waals surface area contributed by atoms with Crippen LogP contribution in [0.3, 0.4) is 0 Å². The fraction of sp³-hybridized carbons (Fsp3) is 0.167. The SMILES string of the molecule is C=C[C@@H](Cc1ccccc1)c1ccc(NC(C)=O)cc1. The van der Waals surface area contributed by atoms with Crippen LogP contribution in [0.4, 0.5) is 5.69 Å². The van der Waals surface area contributed by atoms with Crippen LogP contribution in [0.1, 0.15) is 24.0 Å². The molecular weight excluding hydrogens is 246 g/mol. The van der Waals surface area contributed by atoms with Crippen molar-refractivity contribution in [3.05, 3.63) is 78.4 Å². The topological polar surface area (TPSA) is 29.1 Å². The van der Waals surface area contributed by atoms with Gasteiger partial charge in [0.15, 0.2) is 0 Å². The van der Waals surface area contributed by atoms with Crippen molar-refractivity contribution < 1.29 is 4.79 Å². The van der Waals surface area contributed by atoms with Gasteiger partial charge >= 0.3 is 0 Å². The first-order valence-electron chi connectivity index (χ1n) is 6.73. The van der Waals surface area contributed by atoms with Gasteiger partial charge in [-0.3, -0.25) is 4.79 Å². The Labute approximate surface area is 120 Å². The third-order valence-corrected chi connectivity index (χ3v) is 3.24. The number of hydrogen-bond acceptors (Lipinski definition) is 1. The molecular formula is C18H19NO. The molecule has 0 spiro atoms. The molecule has 2 rings (SSSR count). The molecule has 1 atom stereocenters. The van der Waals surface area contributed by atoms with Gasteiger partial charge in [-0.05, 0) is 29.7 Å². The Balaban J connectivity index is 2.11. The van der Waals surface area contributed by atoms with Crippen LogP contribution in [0.25, 0.3) is 0 Å². The highest BCUT2D eigenvalue weighted by Crippen LogP contribution is 2.23. The van der Waals surface area contributed by atoms with E-state index in [0.29, 0.717) is 0 Å². The molecule has 2 aromatic rings. The third-order valence-electron chi connectivity index (χ3n) is 3.24. The van der Waals surface area contributed by atoms with Crippen molar-refractivity contribution >= 4 is 11.6 Å². The first-order valence-corrected chi connectivity index (χ1v) is 6.73. The highest BCUT2D eigenvalue weighted by atomic mass is 16.1. The molecule has 0 unspecified atom stereocenters. The molecule has 0 heterocycles. The summed E-state index contributed by atoms with van der Waals surface area (Å²) in [5, 5.41) is 2.77. The number of allylic oxidation sites excluding steroid dienone is 1. The highest BCUT2D eigenvalue weighted by molar-refractivity contribution is 5.88. The van der Waals surface area contributed by atoms with Gasteiger partial charge in [0.2, 0.25) is 5.91 Å². The maximum Gasteiger partial charge on any atom is 0.221 e. The van der Waals surface area contributed by atoms with Crippen molar-refractivity contribution in [2.75, 3.05) is 5.32 Å². The number of anilines is 1. The summed E-state index contributed by atoms with van der Waals surface area (Å²) in [4.78, 5) is 11.0. The number of benzene rings is 2. The summed E-state index contributed by atoms with van der Waals surface area (Å²) in [6.07, 6.45) is 2.91. The lowest BCUT2D eigenvalue weighted by atomic mass is 9.92. The minimum atomic E-state index is -0.0534. The van der Waals surface area contributed by atoms with Gasteiger partial charge in [0.25, 0.3) is 0 Å². The van der Waals surface area contributed by atoms with Crippen molar-refractivity contribution in [2.24, 2.45) is 0 Å². The second-order valence-electron chi connectivity index (χ2n) is 4.84. The van der Waals surface area contributed by atoms with Crippen LogP contribution in [0.2, 0.25) is 0 Å². The van der Waals surface area contributed by atoms with Crippen LogP contribution >= 0.6 is 0 Å². The van der Waals surface area contributed by atoms with Gasteiger partial charge in [-0.15, -0.1) is 6.58 Å². The normalized spacial score (nSPS) is 11.7. The van der Waals surface area contributed by atoms with Crippen molar-refractivity contribution in [3.8, 4) is 0 Å². The molecule has 2 nitrogen and oxygen atoms in total. The molecule has 1 N–H and O–H groups in total. The predicted octanol–water partition coefficient (Wildman–Crippen LogP) is 4.16. The summed E-state index contributed by atoms with van der Waals surface area (Å²) in [7, 11) is 0. The molecule has 0 radical (unpaired) electrons. The second kappa shape index (κ2) is 6.71. The first kappa shape index (κ1) is 14.1. The molecule has 2 heteroatoms. The Morgan fingerprint density at radius 3 is 2.35 bits per heavy atom. The van der Waals surface area contributed by atoms with E-state index < -0.39 is 0 Å². The summed E-state index contributed by atoms with van der Waals surface area (Å²) in [6, 6.07) is 18.3. The molecule has 0 aliphatic carbocycles. The molecule has 20 heavy (non-hydrogen) atoms. The highest BCUT2D eigenvalue weighted by Gasteiger charge is 2.08. The summed E-state index contributed by atoms with van der Waals surface area (Å²) in [6.45, 7) is 5.44. The van der Waals surface area contributed by atoms with E-state index in [4.69, 9.17) is 0 Å². The average Bonchev–Trinajstić information content (AvgIpc) is 2.46. The molecule has 0 aliphatic heterocycles. The summed E-state index contributed by atoms with van der Waals surface area (Å²) in [5.74, 6) is 0.228. The van der Waals surface area contributed by atoms with Gasteiger partial charge in [0.1, 0.15) is 0 Å². The van der Waals surface area contributed by atoms with E-state index in [9.17, 15) is 4.79 Å². The van der Waals surface area contributed by atoms with Crippen LogP contribution in [0, 0.1) is 0 Å². The lowest BCUT2D eigenvalue weighted by Crippen LogP contribution is -2.06. The van der Waals surface area contributed by atoms with Gasteiger partial charge in [-0.1, -0.05) is 48.5 Å². The maximum absolute atomic E-state index is 11.0. The Kier molecular flexibility index (Phi) is 4.72. The molecule has 0 saturated heterocycles. The largest absolute Gasteiger partial charge is 0.326 e. The maximum atomic E-state index is 11.0. The Hall–Kier alpha value is -2.35. The smallest absolute Gasteiger partial charge is 0.221 e. The Morgan fingerprint density at radius 2 is 1.80 bits per heavy atom. The van der Waals surface area contributed by atoms with E-state index in [1.165, 1.54) is 18.1 Å². The molecule has 1 amide bonds. The van der Waals surface area contributed by atoms with Gasteiger partial charge in [0, 0.05) is 18.5 Å². The fourth-order valence-corrected chi connectivity index (χ4v) is 2.22. The van der Waals surface area contributed by atoms with Crippen molar-refractivity contribution in [1.29, 1.82) is 0 Å². The summed E-state index contributed by atoms with van der Waals surface area (Å²) < 4.78 is 0. The van der Waals surface area contributed by atoms with Gasteiger partial charge in [-0.25, -0.2) is 0 Å². The van der Waals surface area contributed by atoms with Crippen molar-refractivity contribution in [3.63, 3.8) is 0 Å².